The lowest BCUT2D eigenvalue weighted by Gasteiger charge is -2.15. The predicted octanol–water partition coefficient (Wildman–Crippen LogP) is 3.10. The molecule has 2 heterocycles. The molecule has 0 saturated heterocycles. The summed E-state index contributed by atoms with van der Waals surface area (Å²) in [7, 11) is 0. The molecule has 0 spiro atoms. The molecule has 1 aliphatic carbocycles. The molecule has 3 aromatic rings. The molecule has 1 aliphatic rings. The van der Waals surface area contributed by atoms with E-state index in [2.05, 4.69) is 23.3 Å². The predicted molar refractivity (Wildman–Crippen MR) is 115 cm³/mol. The van der Waals surface area contributed by atoms with Crippen molar-refractivity contribution in [1.29, 1.82) is 0 Å². The van der Waals surface area contributed by atoms with E-state index in [1.807, 2.05) is 26.0 Å². The van der Waals surface area contributed by atoms with Crippen LogP contribution in [-0.2, 0) is 19.4 Å². The first-order chi connectivity index (χ1) is 14.1. The largest absolute Gasteiger partial charge is 0.490 e. The summed E-state index contributed by atoms with van der Waals surface area (Å²) in [4.78, 5) is 22.6. The molecule has 1 aromatic carbocycles. The minimum absolute atomic E-state index is 0.00477. The third kappa shape index (κ3) is 4.02. The van der Waals surface area contributed by atoms with E-state index in [1.165, 1.54) is 10.4 Å². The highest BCUT2D eigenvalue weighted by Crippen LogP contribution is 2.34. The normalized spacial score (nSPS) is 14.2. The van der Waals surface area contributed by atoms with Gasteiger partial charge in [0.2, 0.25) is 0 Å². The molecular formula is C22H28N3O3S+. The zero-order valence-electron chi connectivity index (χ0n) is 17.2. The fourth-order valence-corrected chi connectivity index (χ4v) is 5.20. The summed E-state index contributed by atoms with van der Waals surface area (Å²) in [5, 5.41) is 2.99. The van der Waals surface area contributed by atoms with E-state index in [4.69, 9.17) is 14.5 Å². The fraction of sp³-hybridized carbons (Fsp3) is 0.455. The van der Waals surface area contributed by atoms with Gasteiger partial charge in [-0.15, -0.1) is 11.3 Å². The van der Waals surface area contributed by atoms with Crippen molar-refractivity contribution in [2.24, 2.45) is 0 Å². The average Bonchev–Trinajstić information content (AvgIpc) is 3.28. The van der Waals surface area contributed by atoms with E-state index in [0.717, 1.165) is 52.4 Å². The molecule has 154 valence electrons. The number of aromatic amines is 1. The Balaban J connectivity index is 1.50. The van der Waals surface area contributed by atoms with Crippen molar-refractivity contribution in [2.45, 2.75) is 52.6 Å². The first kappa shape index (κ1) is 19.9. The minimum Gasteiger partial charge on any atom is -0.490 e. The van der Waals surface area contributed by atoms with Gasteiger partial charge < -0.3 is 19.8 Å². The molecule has 3 N–H and O–H groups in total. The van der Waals surface area contributed by atoms with Gasteiger partial charge in [0.1, 0.15) is 17.4 Å². The Morgan fingerprint density at radius 1 is 1.21 bits per heavy atom. The zero-order chi connectivity index (χ0) is 20.4. The highest BCUT2D eigenvalue weighted by atomic mass is 32.1. The van der Waals surface area contributed by atoms with E-state index < -0.39 is 0 Å². The number of nitrogens with zero attached hydrogens (tertiary/aromatic N) is 1. The van der Waals surface area contributed by atoms with Gasteiger partial charge in [0.05, 0.1) is 18.6 Å². The lowest BCUT2D eigenvalue weighted by molar-refractivity contribution is -0.708. The highest BCUT2D eigenvalue weighted by Gasteiger charge is 2.21. The van der Waals surface area contributed by atoms with Gasteiger partial charge in [0.25, 0.3) is 5.56 Å². The van der Waals surface area contributed by atoms with Gasteiger partial charge in [0.15, 0.2) is 17.3 Å². The number of aryl methyl sites for hydroxylation is 2. The Morgan fingerprint density at radius 2 is 2.00 bits per heavy atom. The third-order valence-corrected chi connectivity index (χ3v) is 6.57. The maximum absolute atomic E-state index is 12.6. The number of aromatic nitrogens is 2. The van der Waals surface area contributed by atoms with Crippen LogP contribution in [0, 0.1) is 0 Å². The van der Waals surface area contributed by atoms with Crippen LogP contribution in [0.25, 0.3) is 10.2 Å². The number of hydrogen-bond donors (Lipinski definition) is 2. The Kier molecular flexibility index (Phi) is 5.87. The summed E-state index contributed by atoms with van der Waals surface area (Å²) in [5.41, 5.74) is 2.38. The number of benzene rings is 1. The molecule has 0 radical (unpaired) electrons. The summed E-state index contributed by atoms with van der Waals surface area (Å²) in [6.07, 6.45) is 3.23. The third-order valence-electron chi connectivity index (χ3n) is 5.38. The van der Waals surface area contributed by atoms with Crippen LogP contribution in [0.3, 0.4) is 0 Å². The summed E-state index contributed by atoms with van der Waals surface area (Å²) < 4.78 is 11.4. The van der Waals surface area contributed by atoms with E-state index in [0.29, 0.717) is 19.8 Å². The average molecular weight is 415 g/mol. The molecule has 0 aliphatic heterocycles. The maximum Gasteiger partial charge on any atom is 0.260 e. The Bertz CT molecular complexity index is 1070. The van der Waals surface area contributed by atoms with E-state index >= 15 is 0 Å². The Morgan fingerprint density at radius 3 is 2.79 bits per heavy atom. The maximum atomic E-state index is 12.6. The summed E-state index contributed by atoms with van der Waals surface area (Å²) in [5.74, 6) is 2.27. The van der Waals surface area contributed by atoms with Gasteiger partial charge in [-0.25, -0.2) is 4.98 Å². The molecule has 4 rings (SSSR count). The number of ether oxygens (including phenoxy) is 2. The van der Waals surface area contributed by atoms with Crippen LogP contribution in [0.15, 0.2) is 23.0 Å². The second-order valence-corrected chi connectivity index (χ2v) is 8.43. The molecule has 0 bridgehead atoms. The Labute approximate surface area is 174 Å². The lowest BCUT2D eigenvalue weighted by Crippen LogP contribution is -2.83. The second-order valence-electron chi connectivity index (χ2n) is 7.35. The quantitative estimate of drug-likeness (QED) is 0.594. The smallest absolute Gasteiger partial charge is 0.260 e. The van der Waals surface area contributed by atoms with Crippen LogP contribution in [0.1, 0.15) is 55.1 Å². The van der Waals surface area contributed by atoms with Crippen molar-refractivity contribution in [3.05, 3.63) is 50.4 Å². The number of thiophene rings is 1. The van der Waals surface area contributed by atoms with Crippen molar-refractivity contribution >= 4 is 21.6 Å². The summed E-state index contributed by atoms with van der Waals surface area (Å²) in [6.45, 7) is 7.89. The monoisotopic (exact) mass is 414 g/mol. The molecule has 0 fully saturated rings. The zero-order valence-corrected chi connectivity index (χ0v) is 18.0. The molecule has 2 aromatic heterocycles. The fourth-order valence-electron chi connectivity index (χ4n) is 3.92. The molecule has 6 nitrogen and oxygen atoms in total. The summed E-state index contributed by atoms with van der Waals surface area (Å²) >= 11 is 1.68. The van der Waals surface area contributed by atoms with Gasteiger partial charge in [0, 0.05) is 10.4 Å². The van der Waals surface area contributed by atoms with Crippen LogP contribution in [0.5, 0.6) is 11.5 Å². The molecule has 29 heavy (non-hydrogen) atoms. The first-order valence-corrected chi connectivity index (χ1v) is 11.2. The van der Waals surface area contributed by atoms with Gasteiger partial charge in [-0.3, -0.25) is 4.79 Å². The first-order valence-electron chi connectivity index (χ1n) is 10.4. The van der Waals surface area contributed by atoms with Crippen molar-refractivity contribution in [3.63, 3.8) is 0 Å². The number of rotatable bonds is 8. The molecule has 0 amide bonds. The van der Waals surface area contributed by atoms with Gasteiger partial charge in [-0.2, -0.15) is 0 Å². The lowest BCUT2D eigenvalue weighted by atomic mass is 10.1. The van der Waals surface area contributed by atoms with Gasteiger partial charge >= 0.3 is 0 Å². The number of H-pyrrole nitrogens is 1. The SMILES string of the molecule is CCOc1ccc([C@@H](C)[NH2+]Cc2nc3sc4c(c3c(=O)[nH]2)CCC4)cc1OCC. The van der Waals surface area contributed by atoms with Crippen LogP contribution in [0.2, 0.25) is 0 Å². The molecular weight excluding hydrogens is 386 g/mol. The number of hydrogen-bond acceptors (Lipinski definition) is 5. The number of quaternary nitrogens is 1. The van der Waals surface area contributed by atoms with Crippen LogP contribution in [0.4, 0.5) is 0 Å². The molecule has 7 heteroatoms. The van der Waals surface area contributed by atoms with Crippen LogP contribution in [-0.4, -0.2) is 23.2 Å². The number of nitrogens with one attached hydrogen (secondary N) is 1. The van der Waals surface area contributed by atoms with Crippen LogP contribution >= 0.6 is 11.3 Å². The van der Waals surface area contributed by atoms with E-state index in [-0.39, 0.29) is 11.6 Å². The number of nitrogens with two attached hydrogens (primary N) is 1. The molecule has 0 unspecified atom stereocenters. The van der Waals surface area contributed by atoms with Gasteiger partial charge in [-0.1, -0.05) is 0 Å². The highest BCUT2D eigenvalue weighted by molar-refractivity contribution is 7.18. The van der Waals surface area contributed by atoms with Crippen LogP contribution < -0.4 is 20.3 Å². The second kappa shape index (κ2) is 8.55. The topological polar surface area (TPSA) is 80.8 Å². The van der Waals surface area contributed by atoms with Crippen molar-refractivity contribution in [1.82, 2.24) is 9.97 Å². The molecule has 0 saturated carbocycles. The van der Waals surface area contributed by atoms with E-state index in [9.17, 15) is 4.79 Å². The van der Waals surface area contributed by atoms with Crippen molar-refractivity contribution in [3.8, 4) is 11.5 Å². The summed E-state index contributed by atoms with van der Waals surface area (Å²) in [6, 6.07) is 6.27. The van der Waals surface area contributed by atoms with E-state index in [1.54, 1.807) is 11.3 Å². The molecule has 1 atom stereocenters. The van der Waals surface area contributed by atoms with Crippen molar-refractivity contribution in [2.75, 3.05) is 13.2 Å². The van der Waals surface area contributed by atoms with Gasteiger partial charge in [-0.05, 0) is 63.8 Å². The minimum atomic E-state index is 0.00477. The standard InChI is InChI=1S/C22H27N3O3S/c1-4-27-16-10-9-14(11-17(16)28-5-2)13(3)23-12-19-24-21(26)20-15-7-6-8-18(15)29-22(20)25-19/h9-11,13,23H,4-8,12H2,1-3H3,(H,24,25,26)/p+1/t13-/m1/s1. The Hall–Kier alpha value is -2.38. The number of fused-ring (bicyclic) bond motifs is 3. The van der Waals surface area contributed by atoms with Crippen molar-refractivity contribution < 1.29 is 14.8 Å².